The Bertz CT molecular complexity index is 134. The molecule has 0 nitrogen and oxygen atoms in total. The second-order valence-electron chi connectivity index (χ2n) is 2.39. The number of hydrogen-bond acceptors (Lipinski definition) is 0. The number of hydrogen-bond donors (Lipinski definition) is 0. The van der Waals surface area contributed by atoms with Crippen molar-refractivity contribution in [1.29, 1.82) is 0 Å². The van der Waals surface area contributed by atoms with Gasteiger partial charge < -0.3 is 6.92 Å². The minimum atomic E-state index is 0. The van der Waals surface area contributed by atoms with Crippen molar-refractivity contribution in [2.45, 2.75) is 41.0 Å². The number of rotatable bonds is 3. The van der Waals surface area contributed by atoms with Gasteiger partial charge >= 0.3 is 0 Å². The third-order valence-electron chi connectivity index (χ3n) is 1.66. The second kappa shape index (κ2) is 15.0. The minimum absolute atomic E-state index is 0. The van der Waals surface area contributed by atoms with Crippen molar-refractivity contribution >= 4 is 0 Å². The van der Waals surface area contributed by atoms with Gasteiger partial charge in [-0.05, 0) is 13.8 Å². The van der Waals surface area contributed by atoms with Crippen LogP contribution in [0, 0.1) is 44.0 Å². The van der Waals surface area contributed by atoms with Crippen LogP contribution in [-0.4, -0.2) is 0 Å². The summed E-state index contributed by atoms with van der Waals surface area (Å²) in [6, 6.07) is 0. The Morgan fingerprint density at radius 2 is 1.77 bits per heavy atom. The summed E-state index contributed by atoms with van der Waals surface area (Å²) in [5.74, 6) is 0.459. The van der Waals surface area contributed by atoms with Crippen molar-refractivity contribution in [2.75, 3.05) is 0 Å². The predicted octanol–water partition coefficient (Wildman–Crippen LogP) is 4.40. The Labute approximate surface area is 108 Å². The van der Waals surface area contributed by atoms with Gasteiger partial charge in [-0.1, -0.05) is 51.0 Å². The Morgan fingerprint density at radius 3 is 2.00 bits per heavy atom. The van der Waals surface area contributed by atoms with Crippen molar-refractivity contribution in [1.82, 2.24) is 0 Å². The Kier molecular flexibility index (Phi) is 22.1. The van der Waals surface area contributed by atoms with E-state index < -0.39 is 0 Å². The standard InChI is InChI=1S/C10H17.C2H6.U/c1-5-8-10(7-3)9(4)6-2;1-2;/h5,7-9H,4,6H2,1-3H3;1-2H3;/q-1;;/b8-5-,10-7+;;. The van der Waals surface area contributed by atoms with Crippen LogP contribution in [0.15, 0.2) is 23.8 Å². The van der Waals surface area contributed by atoms with Crippen LogP contribution >= 0.6 is 0 Å². The van der Waals surface area contributed by atoms with E-state index in [4.69, 9.17) is 0 Å². The molecule has 0 fully saturated rings. The van der Waals surface area contributed by atoms with Crippen LogP contribution in [0.2, 0.25) is 0 Å². The average Bonchev–Trinajstić information content (AvgIpc) is 2.16. The first-order valence-electron chi connectivity index (χ1n) is 4.88. The quantitative estimate of drug-likeness (QED) is 0.483. The summed E-state index contributed by atoms with van der Waals surface area (Å²) in [6.45, 7) is 14.3. The molecule has 0 aromatic carbocycles. The molecule has 0 aliphatic carbocycles. The summed E-state index contributed by atoms with van der Waals surface area (Å²) in [6.07, 6.45) is 7.43. The summed E-state index contributed by atoms with van der Waals surface area (Å²) in [4.78, 5) is 0. The molecule has 1 atom stereocenters. The van der Waals surface area contributed by atoms with Gasteiger partial charge in [-0.2, -0.15) is 0 Å². The SMILES string of the molecule is CC.[CH2-]C(CC)C(/C=C\C)=C/C.[U]. The zero-order valence-corrected chi connectivity index (χ0v) is 13.9. The first kappa shape index (κ1) is 19.2. The van der Waals surface area contributed by atoms with Crippen molar-refractivity contribution in [2.24, 2.45) is 5.92 Å². The van der Waals surface area contributed by atoms with Crippen molar-refractivity contribution in [3.8, 4) is 0 Å². The summed E-state index contributed by atoms with van der Waals surface area (Å²) >= 11 is 0. The smallest absolute Gasteiger partial charge is 0 e. The molecule has 0 bridgehead atoms. The van der Waals surface area contributed by atoms with E-state index in [9.17, 15) is 0 Å². The molecule has 0 saturated heterocycles. The predicted molar refractivity (Wildman–Crippen MR) is 59.1 cm³/mol. The molecule has 0 radical (unpaired) electrons. The zero-order valence-electron chi connectivity index (χ0n) is 9.72. The number of allylic oxidation sites excluding steroid dienone is 4. The van der Waals surface area contributed by atoms with Gasteiger partial charge in [0.15, 0.2) is 0 Å². The Hall–Kier alpha value is 0.532. The molecular formula is C12H23U-. The zero-order chi connectivity index (χ0) is 9.98. The van der Waals surface area contributed by atoms with E-state index >= 15 is 0 Å². The minimum Gasteiger partial charge on any atom is -0.336 e. The molecule has 0 saturated carbocycles. The molecule has 0 aliphatic heterocycles. The van der Waals surface area contributed by atoms with Crippen LogP contribution in [0.3, 0.4) is 0 Å². The molecule has 0 aromatic rings. The van der Waals surface area contributed by atoms with E-state index in [2.05, 4.69) is 39.0 Å². The van der Waals surface area contributed by atoms with Crippen molar-refractivity contribution in [3.63, 3.8) is 0 Å². The maximum atomic E-state index is 4.03. The maximum absolute atomic E-state index is 4.03. The molecule has 0 aliphatic rings. The van der Waals surface area contributed by atoms with Gasteiger partial charge in [0.05, 0.1) is 0 Å². The van der Waals surface area contributed by atoms with Gasteiger partial charge in [0.25, 0.3) is 0 Å². The first-order valence-corrected chi connectivity index (χ1v) is 4.88. The summed E-state index contributed by atoms with van der Waals surface area (Å²) in [5.41, 5.74) is 1.34. The van der Waals surface area contributed by atoms with E-state index in [1.165, 1.54) is 5.57 Å². The fourth-order valence-electron chi connectivity index (χ4n) is 0.896. The van der Waals surface area contributed by atoms with Crippen LogP contribution in [0.25, 0.3) is 0 Å². The second-order valence-corrected chi connectivity index (χ2v) is 2.39. The van der Waals surface area contributed by atoms with Crippen molar-refractivity contribution < 1.29 is 31.1 Å². The van der Waals surface area contributed by atoms with Crippen LogP contribution in [0.5, 0.6) is 0 Å². The molecule has 0 spiro atoms. The maximum Gasteiger partial charge on any atom is 0 e. The van der Waals surface area contributed by atoms with E-state index in [0.717, 1.165) is 6.42 Å². The van der Waals surface area contributed by atoms with E-state index in [1.54, 1.807) is 0 Å². The summed E-state index contributed by atoms with van der Waals surface area (Å²) in [7, 11) is 0. The molecule has 1 unspecified atom stereocenters. The molecule has 76 valence electrons. The third-order valence-corrected chi connectivity index (χ3v) is 1.66. The van der Waals surface area contributed by atoms with Crippen LogP contribution in [-0.2, 0) is 0 Å². The molecule has 0 aromatic heterocycles. The Balaban J connectivity index is -0.000000309. The fraction of sp³-hybridized carbons (Fsp3) is 0.583. The normalized spacial score (nSPS) is 12.9. The van der Waals surface area contributed by atoms with Crippen LogP contribution in [0.4, 0.5) is 0 Å². The van der Waals surface area contributed by atoms with Gasteiger partial charge in [-0.15, -0.1) is 5.92 Å². The van der Waals surface area contributed by atoms with Crippen molar-refractivity contribution in [3.05, 3.63) is 30.7 Å². The van der Waals surface area contributed by atoms with Crippen LogP contribution in [0.1, 0.15) is 41.0 Å². The molecule has 0 amide bonds. The fourth-order valence-corrected chi connectivity index (χ4v) is 0.896. The molecule has 0 rings (SSSR count). The van der Waals surface area contributed by atoms with Gasteiger partial charge in [0, 0.05) is 31.1 Å². The van der Waals surface area contributed by atoms with E-state index in [1.807, 2.05) is 20.8 Å². The Morgan fingerprint density at radius 1 is 1.31 bits per heavy atom. The molecular weight excluding hydrogens is 382 g/mol. The van der Waals surface area contributed by atoms with Gasteiger partial charge in [-0.25, -0.2) is 0 Å². The molecule has 0 N–H and O–H groups in total. The van der Waals surface area contributed by atoms with Gasteiger partial charge in [-0.3, -0.25) is 0 Å². The third kappa shape index (κ3) is 10.5. The van der Waals surface area contributed by atoms with Crippen LogP contribution < -0.4 is 0 Å². The molecule has 13 heavy (non-hydrogen) atoms. The first-order chi connectivity index (χ1) is 5.76. The molecule has 1 heteroatoms. The van der Waals surface area contributed by atoms with E-state index in [-0.39, 0.29) is 31.1 Å². The van der Waals surface area contributed by atoms with Gasteiger partial charge in [0.2, 0.25) is 0 Å². The summed E-state index contributed by atoms with van der Waals surface area (Å²) in [5, 5.41) is 0. The largest absolute Gasteiger partial charge is 0.336 e. The average molecular weight is 405 g/mol. The van der Waals surface area contributed by atoms with E-state index in [0.29, 0.717) is 5.92 Å². The summed E-state index contributed by atoms with van der Waals surface area (Å²) < 4.78 is 0. The topological polar surface area (TPSA) is 0 Å². The monoisotopic (exact) mass is 405 g/mol. The van der Waals surface area contributed by atoms with Gasteiger partial charge in [0.1, 0.15) is 0 Å². The molecule has 0 heterocycles.